The highest BCUT2D eigenvalue weighted by Gasteiger charge is 2.32. The molecule has 0 saturated heterocycles. The van der Waals surface area contributed by atoms with Crippen molar-refractivity contribution in [2.75, 3.05) is 18.0 Å². The summed E-state index contributed by atoms with van der Waals surface area (Å²) in [5, 5.41) is 3.45. The summed E-state index contributed by atoms with van der Waals surface area (Å²) in [6.45, 7) is 5.04. The molecule has 2 amide bonds. The first-order valence-corrected chi connectivity index (χ1v) is 14.4. The zero-order chi connectivity index (χ0) is 28.6. The molecule has 0 aliphatic rings. The minimum absolute atomic E-state index is 0.0421. The van der Waals surface area contributed by atoms with Gasteiger partial charge in [-0.25, -0.2) is 8.42 Å². The molecule has 10 heteroatoms. The maximum Gasteiger partial charge on any atom is 0.264 e. The van der Waals surface area contributed by atoms with Crippen molar-refractivity contribution in [3.8, 4) is 5.75 Å². The number of methoxy groups -OCH3 is 1. The van der Waals surface area contributed by atoms with Crippen molar-refractivity contribution in [2.45, 2.75) is 50.7 Å². The van der Waals surface area contributed by atoms with Gasteiger partial charge in [0.15, 0.2) is 0 Å². The van der Waals surface area contributed by atoms with Gasteiger partial charge in [0.25, 0.3) is 10.0 Å². The minimum Gasteiger partial charge on any atom is -0.497 e. The van der Waals surface area contributed by atoms with Gasteiger partial charge in [-0.3, -0.25) is 13.9 Å². The third-order valence-corrected chi connectivity index (χ3v) is 8.45. The zero-order valence-electron chi connectivity index (χ0n) is 22.5. The van der Waals surface area contributed by atoms with Crippen molar-refractivity contribution in [3.63, 3.8) is 0 Å². The predicted octanol–water partition coefficient (Wildman–Crippen LogP) is 4.88. The molecule has 0 aromatic heterocycles. The summed E-state index contributed by atoms with van der Waals surface area (Å²) in [5.41, 5.74) is 1.04. The number of carbonyl (C=O) groups is 2. The van der Waals surface area contributed by atoms with E-state index in [9.17, 15) is 18.0 Å². The number of ether oxygens (including phenoxy) is 1. The summed E-state index contributed by atoms with van der Waals surface area (Å²) >= 11 is 6.04. The van der Waals surface area contributed by atoms with Crippen molar-refractivity contribution in [2.24, 2.45) is 0 Å². The Kier molecular flexibility index (Phi) is 10.4. The van der Waals surface area contributed by atoms with Gasteiger partial charge >= 0.3 is 0 Å². The Morgan fingerprint density at radius 2 is 1.56 bits per heavy atom. The fourth-order valence-electron chi connectivity index (χ4n) is 3.83. The molecule has 3 aromatic carbocycles. The Bertz CT molecular complexity index is 1350. The van der Waals surface area contributed by atoms with E-state index in [0.29, 0.717) is 10.8 Å². The lowest BCUT2D eigenvalue weighted by atomic mass is 10.1. The van der Waals surface area contributed by atoms with E-state index in [0.717, 1.165) is 16.3 Å². The molecule has 3 rings (SSSR count). The number of nitrogens with one attached hydrogen (secondary N) is 1. The molecule has 0 aliphatic heterocycles. The van der Waals surface area contributed by atoms with Crippen LogP contribution in [0.25, 0.3) is 0 Å². The van der Waals surface area contributed by atoms with Crippen LogP contribution in [0.2, 0.25) is 5.02 Å². The first kappa shape index (κ1) is 30.0. The Morgan fingerprint density at radius 1 is 0.949 bits per heavy atom. The fraction of sp³-hybridized carbons (Fsp3) is 0.310. The van der Waals surface area contributed by atoms with Gasteiger partial charge < -0.3 is 15.0 Å². The molecule has 3 aromatic rings. The van der Waals surface area contributed by atoms with Crippen LogP contribution < -0.4 is 14.4 Å². The smallest absolute Gasteiger partial charge is 0.264 e. The van der Waals surface area contributed by atoms with Crippen molar-refractivity contribution in [1.29, 1.82) is 0 Å². The van der Waals surface area contributed by atoms with Gasteiger partial charge in [-0.05, 0) is 74.4 Å². The third kappa shape index (κ3) is 7.74. The van der Waals surface area contributed by atoms with E-state index in [2.05, 4.69) is 5.32 Å². The molecule has 0 bridgehead atoms. The summed E-state index contributed by atoms with van der Waals surface area (Å²) in [5.74, 6) is -0.317. The highest BCUT2D eigenvalue weighted by molar-refractivity contribution is 7.92. The van der Waals surface area contributed by atoms with Crippen LogP contribution in [-0.2, 0) is 26.2 Å². The van der Waals surface area contributed by atoms with Crippen molar-refractivity contribution in [3.05, 3.63) is 89.4 Å². The quantitative estimate of drug-likeness (QED) is 0.334. The van der Waals surface area contributed by atoms with Crippen molar-refractivity contribution >= 4 is 39.1 Å². The van der Waals surface area contributed by atoms with E-state index in [1.54, 1.807) is 73.7 Å². The first-order valence-electron chi connectivity index (χ1n) is 12.6. The summed E-state index contributed by atoms with van der Waals surface area (Å²) in [6, 6.07) is 20.3. The lowest BCUT2D eigenvalue weighted by molar-refractivity contribution is -0.139. The molecule has 0 unspecified atom stereocenters. The Balaban J connectivity index is 2.01. The molecule has 39 heavy (non-hydrogen) atoms. The van der Waals surface area contributed by atoms with Gasteiger partial charge in [-0.2, -0.15) is 0 Å². The largest absolute Gasteiger partial charge is 0.497 e. The maximum absolute atomic E-state index is 13.9. The lowest BCUT2D eigenvalue weighted by Crippen LogP contribution is -2.52. The summed E-state index contributed by atoms with van der Waals surface area (Å²) in [6.07, 6.45) is 0.726. The molecule has 208 valence electrons. The molecule has 0 spiro atoms. The molecule has 2 atom stereocenters. The van der Waals surface area contributed by atoms with Crippen LogP contribution in [0, 0.1) is 0 Å². The molecule has 0 aliphatic carbocycles. The predicted molar refractivity (Wildman–Crippen MR) is 153 cm³/mol. The SMILES string of the molecule is CC[C@H](C)NC(=O)[C@H](C)N(Cc1ccc(Cl)cc1)C(=O)CN(c1ccc(OC)cc1)S(=O)(=O)c1ccccc1. The molecule has 0 radical (unpaired) electrons. The van der Waals surface area contributed by atoms with Crippen LogP contribution in [-0.4, -0.2) is 50.9 Å². The van der Waals surface area contributed by atoms with Crippen LogP contribution in [0.3, 0.4) is 0 Å². The third-order valence-electron chi connectivity index (χ3n) is 6.40. The molecular weight excluding hydrogens is 538 g/mol. The zero-order valence-corrected chi connectivity index (χ0v) is 24.1. The molecule has 8 nitrogen and oxygen atoms in total. The van der Waals surface area contributed by atoms with E-state index in [1.807, 2.05) is 13.8 Å². The minimum atomic E-state index is -4.12. The van der Waals surface area contributed by atoms with Crippen LogP contribution in [0.5, 0.6) is 5.75 Å². The number of benzene rings is 3. The van der Waals surface area contributed by atoms with E-state index < -0.39 is 28.5 Å². The number of rotatable bonds is 12. The number of hydrogen-bond donors (Lipinski definition) is 1. The van der Waals surface area contributed by atoms with Crippen LogP contribution >= 0.6 is 11.6 Å². The average Bonchev–Trinajstić information content (AvgIpc) is 2.95. The summed E-state index contributed by atoms with van der Waals surface area (Å²) in [7, 11) is -2.61. The topological polar surface area (TPSA) is 96.0 Å². The van der Waals surface area contributed by atoms with Gasteiger partial charge in [0.2, 0.25) is 11.8 Å². The lowest BCUT2D eigenvalue weighted by Gasteiger charge is -2.32. The molecule has 1 N–H and O–H groups in total. The first-order chi connectivity index (χ1) is 18.6. The number of carbonyl (C=O) groups excluding carboxylic acids is 2. The highest BCUT2D eigenvalue weighted by atomic mass is 35.5. The average molecular weight is 572 g/mol. The number of nitrogens with zero attached hydrogens (tertiary/aromatic N) is 2. The monoisotopic (exact) mass is 571 g/mol. The Labute approximate surface area is 235 Å². The normalized spacial score (nSPS) is 12.7. The summed E-state index contributed by atoms with van der Waals surface area (Å²) < 4.78 is 33.8. The number of halogens is 1. The molecule has 0 heterocycles. The standard InChI is InChI=1S/C29H34ClN3O5S/c1-5-21(2)31-29(35)22(3)32(19-23-11-13-24(30)14-12-23)28(34)20-33(25-15-17-26(38-4)18-16-25)39(36,37)27-9-7-6-8-10-27/h6-18,21-22H,5,19-20H2,1-4H3,(H,31,35)/t21-,22-/m0/s1. The number of sulfonamides is 1. The van der Waals surface area contributed by atoms with Gasteiger partial charge in [-0.1, -0.05) is 48.9 Å². The molecule has 0 fully saturated rings. The van der Waals surface area contributed by atoms with Gasteiger partial charge in [0.1, 0.15) is 18.3 Å². The van der Waals surface area contributed by atoms with E-state index >= 15 is 0 Å². The second-order valence-corrected chi connectivity index (χ2v) is 11.5. The van der Waals surface area contributed by atoms with Crippen molar-refractivity contribution < 1.29 is 22.7 Å². The second kappa shape index (κ2) is 13.5. The van der Waals surface area contributed by atoms with E-state index in [1.165, 1.54) is 24.1 Å². The van der Waals surface area contributed by atoms with Gasteiger partial charge in [0.05, 0.1) is 17.7 Å². The summed E-state index contributed by atoms with van der Waals surface area (Å²) in [4.78, 5) is 28.4. The van der Waals surface area contributed by atoms with Crippen LogP contribution in [0.1, 0.15) is 32.8 Å². The molecular formula is C29H34ClN3O5S. The van der Waals surface area contributed by atoms with Crippen LogP contribution in [0.4, 0.5) is 5.69 Å². The number of hydrogen-bond acceptors (Lipinski definition) is 5. The number of amides is 2. The maximum atomic E-state index is 13.9. The van der Waals surface area contributed by atoms with E-state index in [-0.39, 0.29) is 29.1 Å². The Morgan fingerprint density at radius 3 is 2.13 bits per heavy atom. The second-order valence-electron chi connectivity index (χ2n) is 9.16. The fourth-order valence-corrected chi connectivity index (χ4v) is 5.39. The Hall–Kier alpha value is -3.56. The van der Waals surface area contributed by atoms with Gasteiger partial charge in [-0.15, -0.1) is 0 Å². The van der Waals surface area contributed by atoms with Crippen LogP contribution in [0.15, 0.2) is 83.8 Å². The number of anilines is 1. The molecule has 0 saturated carbocycles. The van der Waals surface area contributed by atoms with E-state index in [4.69, 9.17) is 16.3 Å². The van der Waals surface area contributed by atoms with Gasteiger partial charge in [0, 0.05) is 17.6 Å². The van der Waals surface area contributed by atoms with Crippen molar-refractivity contribution in [1.82, 2.24) is 10.2 Å². The highest BCUT2D eigenvalue weighted by Crippen LogP contribution is 2.26.